The molecule has 2 unspecified atom stereocenters. The minimum Gasteiger partial charge on any atom is -0.507 e. The highest BCUT2D eigenvalue weighted by Gasteiger charge is 2.46. The summed E-state index contributed by atoms with van der Waals surface area (Å²) < 4.78 is 28.8. The molecule has 0 fully saturated rings. The molecule has 3 rings (SSSR count). The van der Waals surface area contributed by atoms with Gasteiger partial charge in [0.2, 0.25) is 5.67 Å². The van der Waals surface area contributed by atoms with E-state index in [0.29, 0.717) is 18.2 Å². The highest BCUT2D eigenvalue weighted by atomic mass is 19.1. The number of phenols is 1. The largest absolute Gasteiger partial charge is 0.507 e. The number of alkyl halides is 1. The van der Waals surface area contributed by atoms with Crippen LogP contribution in [0, 0.1) is 5.82 Å². The summed E-state index contributed by atoms with van der Waals surface area (Å²) >= 11 is 0. The molecule has 33 heavy (non-hydrogen) atoms. The molecule has 0 aliphatic heterocycles. The van der Waals surface area contributed by atoms with Crippen LogP contribution in [0.2, 0.25) is 0 Å². The van der Waals surface area contributed by atoms with Crippen molar-refractivity contribution in [3.8, 4) is 5.75 Å². The maximum atomic E-state index is 15.3. The third-order valence-corrected chi connectivity index (χ3v) is 4.92. The number of hydrogen-bond acceptors (Lipinski definition) is 5. The van der Waals surface area contributed by atoms with Crippen LogP contribution in [0.15, 0.2) is 54.6 Å². The van der Waals surface area contributed by atoms with Gasteiger partial charge in [0, 0.05) is 0 Å². The van der Waals surface area contributed by atoms with Gasteiger partial charge >= 0.3 is 17.9 Å². The Hall–Kier alpha value is -4.54. The number of aliphatic carboxylic acids is 1. The predicted molar refractivity (Wildman–Crippen MR) is 108 cm³/mol. The lowest BCUT2D eigenvalue weighted by Gasteiger charge is -2.30. The van der Waals surface area contributed by atoms with Gasteiger partial charge in [-0.1, -0.05) is 24.3 Å². The van der Waals surface area contributed by atoms with Gasteiger partial charge in [-0.2, -0.15) is 0 Å². The van der Waals surface area contributed by atoms with Crippen LogP contribution < -0.4 is 5.32 Å². The molecular weight excluding hydrogens is 444 g/mol. The van der Waals surface area contributed by atoms with E-state index < -0.39 is 63.8 Å². The Kier molecular flexibility index (Phi) is 5.98. The van der Waals surface area contributed by atoms with E-state index in [0.717, 1.165) is 24.3 Å². The standard InChI is InChI=1S/C22H15F2NO8/c23-12-3-1-2-10(6-12)11-4-5-22(24,21(32)33)17(7-11)25-18(27)13-8-15(20(30)31)16(26)9-14(13)19(28)29/h1-9,17,26H,(H,25,27)(H,28,29)(H,30,31)(H,32,33). The minimum atomic E-state index is -3.15. The third-order valence-electron chi connectivity index (χ3n) is 4.92. The van der Waals surface area contributed by atoms with Crippen LogP contribution in [-0.4, -0.2) is 56.0 Å². The molecule has 0 spiro atoms. The van der Waals surface area contributed by atoms with Crippen LogP contribution in [0.1, 0.15) is 36.6 Å². The van der Waals surface area contributed by atoms with E-state index in [4.69, 9.17) is 5.11 Å². The Balaban J connectivity index is 2.07. The van der Waals surface area contributed by atoms with Crippen molar-refractivity contribution in [2.75, 3.05) is 0 Å². The number of carbonyl (C=O) groups is 4. The van der Waals surface area contributed by atoms with Crippen molar-refractivity contribution >= 4 is 29.4 Å². The lowest BCUT2D eigenvalue weighted by atomic mass is 9.86. The fraction of sp³-hybridized carbons (Fsp3) is 0.0909. The fourth-order valence-corrected chi connectivity index (χ4v) is 3.23. The molecule has 2 aromatic carbocycles. The summed E-state index contributed by atoms with van der Waals surface area (Å²) in [5.41, 5.74) is -5.07. The van der Waals surface area contributed by atoms with Crippen LogP contribution >= 0.6 is 0 Å². The number of halogens is 2. The molecule has 1 aliphatic carbocycles. The van der Waals surface area contributed by atoms with E-state index in [1.807, 2.05) is 5.32 Å². The maximum Gasteiger partial charge on any atom is 0.348 e. The number of aromatic hydroxyl groups is 1. The van der Waals surface area contributed by atoms with Gasteiger partial charge in [-0.3, -0.25) is 4.79 Å². The molecule has 170 valence electrons. The van der Waals surface area contributed by atoms with Gasteiger partial charge in [-0.05, 0) is 41.5 Å². The van der Waals surface area contributed by atoms with E-state index >= 15 is 4.39 Å². The number of amides is 1. The Bertz CT molecular complexity index is 1250. The molecule has 0 bridgehead atoms. The first-order valence-corrected chi connectivity index (χ1v) is 9.17. The SMILES string of the molecule is O=C(O)c1cc(C(=O)NC2C=C(c3cccc(F)c3)C=CC2(F)C(=O)O)c(C(=O)O)cc1O. The second kappa shape index (κ2) is 8.54. The Morgan fingerprint density at radius 1 is 0.939 bits per heavy atom. The normalized spacial score (nSPS) is 19.5. The summed E-state index contributed by atoms with van der Waals surface area (Å²) in [7, 11) is 0. The molecule has 9 nitrogen and oxygen atoms in total. The molecule has 1 aliphatic rings. The van der Waals surface area contributed by atoms with Gasteiger partial charge in [0.05, 0.1) is 17.2 Å². The van der Waals surface area contributed by atoms with E-state index in [1.165, 1.54) is 12.1 Å². The molecule has 2 atom stereocenters. The van der Waals surface area contributed by atoms with Crippen LogP contribution in [0.4, 0.5) is 8.78 Å². The molecule has 0 radical (unpaired) electrons. The van der Waals surface area contributed by atoms with Crippen molar-refractivity contribution in [1.29, 1.82) is 0 Å². The monoisotopic (exact) mass is 459 g/mol. The van der Waals surface area contributed by atoms with Gasteiger partial charge in [-0.25, -0.2) is 23.2 Å². The van der Waals surface area contributed by atoms with Crippen molar-refractivity contribution < 1.29 is 48.4 Å². The Labute approximate surface area is 183 Å². The first kappa shape index (κ1) is 23.1. The summed E-state index contributed by atoms with van der Waals surface area (Å²) in [6, 6.07) is 4.32. The van der Waals surface area contributed by atoms with Crippen molar-refractivity contribution in [2.24, 2.45) is 0 Å². The number of allylic oxidation sites excluding steroid dienone is 2. The quantitative estimate of drug-likeness (QED) is 0.440. The van der Waals surface area contributed by atoms with Crippen molar-refractivity contribution in [2.45, 2.75) is 11.7 Å². The minimum absolute atomic E-state index is 0.171. The maximum absolute atomic E-state index is 15.3. The molecule has 5 N–H and O–H groups in total. The molecule has 11 heteroatoms. The van der Waals surface area contributed by atoms with Crippen LogP contribution in [0.5, 0.6) is 5.75 Å². The zero-order valence-electron chi connectivity index (χ0n) is 16.5. The first-order valence-electron chi connectivity index (χ1n) is 9.17. The lowest BCUT2D eigenvalue weighted by Crippen LogP contribution is -2.53. The predicted octanol–water partition coefficient (Wildman–Crippen LogP) is 2.47. The van der Waals surface area contributed by atoms with Gasteiger partial charge in [0.15, 0.2) is 0 Å². The van der Waals surface area contributed by atoms with Crippen LogP contribution in [0.3, 0.4) is 0 Å². The Morgan fingerprint density at radius 3 is 2.18 bits per heavy atom. The molecule has 1 amide bonds. The summed E-state index contributed by atoms with van der Waals surface area (Å²) in [4.78, 5) is 47.2. The smallest absolute Gasteiger partial charge is 0.348 e. The number of carboxylic acids is 3. The summed E-state index contributed by atoms with van der Waals surface area (Å²) in [6.45, 7) is 0. The summed E-state index contributed by atoms with van der Waals surface area (Å²) in [5, 5.41) is 39.6. The average molecular weight is 459 g/mol. The molecule has 0 saturated heterocycles. The number of carbonyl (C=O) groups excluding carboxylic acids is 1. The van der Waals surface area contributed by atoms with Crippen molar-refractivity contribution in [3.05, 3.63) is 82.7 Å². The van der Waals surface area contributed by atoms with Gasteiger partial charge in [0.25, 0.3) is 5.91 Å². The average Bonchev–Trinajstić information content (AvgIpc) is 2.74. The Morgan fingerprint density at radius 2 is 1.61 bits per heavy atom. The fourth-order valence-electron chi connectivity index (χ4n) is 3.23. The molecular formula is C22H15F2NO8. The number of carboxylic acid groups (broad SMARTS) is 3. The van der Waals surface area contributed by atoms with Gasteiger partial charge in [0.1, 0.15) is 17.1 Å². The second-order valence-electron chi connectivity index (χ2n) is 7.02. The topological polar surface area (TPSA) is 161 Å². The second-order valence-corrected chi connectivity index (χ2v) is 7.02. The molecule has 0 saturated carbocycles. The molecule has 0 aromatic heterocycles. The lowest BCUT2D eigenvalue weighted by molar-refractivity contribution is -0.148. The number of hydrogen-bond donors (Lipinski definition) is 5. The molecule has 0 heterocycles. The number of rotatable bonds is 6. The first-order chi connectivity index (χ1) is 15.4. The van der Waals surface area contributed by atoms with Crippen LogP contribution in [-0.2, 0) is 4.79 Å². The van der Waals surface area contributed by atoms with E-state index in [1.54, 1.807) is 0 Å². The summed E-state index contributed by atoms with van der Waals surface area (Å²) in [6.07, 6.45) is 2.76. The number of benzene rings is 2. The van der Waals surface area contributed by atoms with Crippen molar-refractivity contribution in [3.63, 3.8) is 0 Å². The van der Waals surface area contributed by atoms with Crippen LogP contribution in [0.25, 0.3) is 5.57 Å². The highest BCUT2D eigenvalue weighted by Crippen LogP contribution is 2.31. The van der Waals surface area contributed by atoms with Gasteiger partial charge < -0.3 is 25.7 Å². The molecule has 2 aromatic rings. The summed E-state index contributed by atoms with van der Waals surface area (Å²) in [5.74, 6) is -8.18. The van der Waals surface area contributed by atoms with Crippen molar-refractivity contribution in [1.82, 2.24) is 5.32 Å². The zero-order valence-corrected chi connectivity index (χ0v) is 16.5. The number of aromatic carboxylic acids is 2. The van der Waals surface area contributed by atoms with Gasteiger partial charge in [-0.15, -0.1) is 0 Å². The van der Waals surface area contributed by atoms with E-state index in [9.17, 15) is 38.9 Å². The zero-order chi connectivity index (χ0) is 24.5. The van der Waals surface area contributed by atoms with E-state index in [2.05, 4.69) is 0 Å². The third kappa shape index (κ3) is 4.42. The highest BCUT2D eigenvalue weighted by molar-refractivity contribution is 6.08. The number of nitrogens with one attached hydrogen (secondary N) is 1. The van der Waals surface area contributed by atoms with E-state index in [-0.39, 0.29) is 11.1 Å².